The number of benzene rings is 1. The summed E-state index contributed by atoms with van der Waals surface area (Å²) in [4.78, 5) is 2.54. The Balaban J connectivity index is 1.73. The molecule has 1 aromatic carbocycles. The van der Waals surface area contributed by atoms with Crippen molar-refractivity contribution in [1.29, 1.82) is 0 Å². The minimum atomic E-state index is 0.720. The topological polar surface area (TPSA) is 15.3 Å². The second-order valence-corrected chi connectivity index (χ2v) is 4.92. The van der Waals surface area contributed by atoms with Crippen molar-refractivity contribution >= 4 is 11.6 Å². The smallest absolute Gasteiger partial charge is 0.0451 e. The number of rotatable bonds is 2. The predicted molar refractivity (Wildman–Crippen MR) is 62.1 cm³/mol. The zero-order chi connectivity index (χ0) is 10.3. The lowest BCUT2D eigenvalue weighted by atomic mass is 10.2. The Kier molecular flexibility index (Phi) is 2.43. The molecule has 0 amide bonds. The second kappa shape index (κ2) is 3.78. The van der Waals surface area contributed by atoms with Crippen molar-refractivity contribution in [2.45, 2.75) is 25.0 Å². The van der Waals surface area contributed by atoms with E-state index in [2.05, 4.69) is 22.3 Å². The quantitative estimate of drug-likeness (QED) is 0.822. The second-order valence-electron chi connectivity index (χ2n) is 4.52. The van der Waals surface area contributed by atoms with Gasteiger partial charge in [-0.15, -0.1) is 0 Å². The van der Waals surface area contributed by atoms with Crippen LogP contribution < -0.4 is 5.32 Å². The monoisotopic (exact) mass is 222 g/mol. The lowest BCUT2D eigenvalue weighted by molar-refractivity contribution is 0.218. The highest BCUT2D eigenvalue weighted by Crippen LogP contribution is 2.26. The molecule has 2 heterocycles. The molecule has 0 saturated carbocycles. The molecule has 2 aliphatic heterocycles. The van der Waals surface area contributed by atoms with Crippen LogP contribution in [0.25, 0.3) is 0 Å². The highest BCUT2D eigenvalue weighted by Gasteiger charge is 2.37. The molecule has 80 valence electrons. The van der Waals surface area contributed by atoms with E-state index in [1.165, 1.54) is 18.5 Å². The molecule has 3 rings (SSSR count). The first kappa shape index (κ1) is 9.64. The molecular weight excluding hydrogens is 208 g/mol. The van der Waals surface area contributed by atoms with Crippen LogP contribution >= 0.6 is 11.6 Å². The van der Waals surface area contributed by atoms with E-state index in [1.807, 2.05) is 12.1 Å². The predicted octanol–water partition coefficient (Wildman–Crippen LogP) is 1.89. The fourth-order valence-electron chi connectivity index (χ4n) is 2.69. The molecule has 1 N–H and O–H groups in total. The molecule has 1 aromatic rings. The van der Waals surface area contributed by atoms with Crippen LogP contribution in [0.1, 0.15) is 12.0 Å². The minimum absolute atomic E-state index is 0.720. The molecular formula is C12H15ClN2. The lowest BCUT2D eigenvalue weighted by Gasteiger charge is -2.27. The number of halogens is 1. The molecule has 2 nitrogen and oxygen atoms in total. The van der Waals surface area contributed by atoms with Crippen molar-refractivity contribution in [1.82, 2.24) is 10.2 Å². The van der Waals surface area contributed by atoms with E-state index >= 15 is 0 Å². The Morgan fingerprint density at radius 2 is 2.27 bits per heavy atom. The maximum Gasteiger partial charge on any atom is 0.0451 e. The van der Waals surface area contributed by atoms with Crippen molar-refractivity contribution < 1.29 is 0 Å². The van der Waals surface area contributed by atoms with E-state index in [4.69, 9.17) is 11.6 Å². The summed E-state index contributed by atoms with van der Waals surface area (Å²) in [6, 6.07) is 9.60. The van der Waals surface area contributed by atoms with Gasteiger partial charge in [0.15, 0.2) is 0 Å². The van der Waals surface area contributed by atoms with Crippen LogP contribution in [0.5, 0.6) is 0 Å². The number of fused-ring (bicyclic) bond motifs is 2. The van der Waals surface area contributed by atoms with Gasteiger partial charge in [-0.25, -0.2) is 0 Å². The van der Waals surface area contributed by atoms with Gasteiger partial charge < -0.3 is 5.32 Å². The molecule has 0 aromatic heterocycles. The van der Waals surface area contributed by atoms with Crippen LogP contribution in [0.4, 0.5) is 0 Å². The summed E-state index contributed by atoms with van der Waals surface area (Å²) in [6.45, 7) is 3.33. The van der Waals surface area contributed by atoms with Gasteiger partial charge in [-0.2, -0.15) is 0 Å². The van der Waals surface area contributed by atoms with Gasteiger partial charge in [0.1, 0.15) is 0 Å². The van der Waals surface area contributed by atoms with Crippen LogP contribution in [-0.4, -0.2) is 30.1 Å². The van der Waals surface area contributed by atoms with Crippen LogP contribution in [0.15, 0.2) is 24.3 Å². The maximum atomic E-state index is 6.16. The Labute approximate surface area is 95.2 Å². The summed E-state index contributed by atoms with van der Waals surface area (Å²) in [5, 5.41) is 4.41. The van der Waals surface area contributed by atoms with Crippen molar-refractivity contribution in [3.63, 3.8) is 0 Å². The zero-order valence-electron chi connectivity index (χ0n) is 8.62. The first-order chi connectivity index (χ1) is 7.33. The Morgan fingerprint density at radius 3 is 2.93 bits per heavy atom. The van der Waals surface area contributed by atoms with E-state index in [9.17, 15) is 0 Å². The van der Waals surface area contributed by atoms with E-state index in [-0.39, 0.29) is 0 Å². The largest absolute Gasteiger partial charge is 0.311 e. The minimum Gasteiger partial charge on any atom is -0.311 e. The van der Waals surface area contributed by atoms with Gasteiger partial charge in [-0.3, -0.25) is 4.90 Å². The lowest BCUT2D eigenvalue weighted by Crippen LogP contribution is -2.42. The highest BCUT2D eigenvalue weighted by molar-refractivity contribution is 6.31. The maximum absolute atomic E-state index is 6.16. The van der Waals surface area contributed by atoms with Gasteiger partial charge in [0, 0.05) is 36.7 Å². The molecule has 0 radical (unpaired) electrons. The van der Waals surface area contributed by atoms with Gasteiger partial charge in [0.2, 0.25) is 0 Å². The van der Waals surface area contributed by atoms with E-state index in [1.54, 1.807) is 0 Å². The van der Waals surface area contributed by atoms with Crippen molar-refractivity contribution in [2.75, 3.05) is 13.1 Å². The fourth-order valence-corrected chi connectivity index (χ4v) is 2.88. The number of nitrogens with one attached hydrogen (secondary N) is 1. The van der Waals surface area contributed by atoms with Gasteiger partial charge >= 0.3 is 0 Å². The summed E-state index contributed by atoms with van der Waals surface area (Å²) in [7, 11) is 0. The molecule has 0 aliphatic carbocycles. The third-order valence-corrected chi connectivity index (χ3v) is 3.87. The zero-order valence-corrected chi connectivity index (χ0v) is 9.37. The number of piperazine rings is 1. The van der Waals surface area contributed by atoms with Crippen molar-refractivity contribution in [3.8, 4) is 0 Å². The van der Waals surface area contributed by atoms with E-state index in [0.717, 1.165) is 30.2 Å². The van der Waals surface area contributed by atoms with Gasteiger partial charge in [-0.1, -0.05) is 29.8 Å². The standard InChI is InChI=1S/C12H15ClN2/c13-12-4-2-1-3-9(12)7-15-8-10-5-11(15)6-14-10/h1-4,10-11,14H,5-8H2/t10-,11-/m0/s1. The van der Waals surface area contributed by atoms with Crippen LogP contribution in [0.2, 0.25) is 5.02 Å². The normalized spacial score (nSPS) is 29.9. The SMILES string of the molecule is Clc1ccccc1CN1C[C@@H]2C[C@H]1CN2. The first-order valence-corrected chi connectivity index (χ1v) is 5.91. The van der Waals surface area contributed by atoms with Crippen molar-refractivity contribution in [3.05, 3.63) is 34.9 Å². The summed E-state index contributed by atoms with van der Waals surface area (Å²) < 4.78 is 0. The van der Waals surface area contributed by atoms with Gasteiger partial charge in [0.05, 0.1) is 0 Å². The molecule has 2 fully saturated rings. The molecule has 2 atom stereocenters. The average molecular weight is 223 g/mol. The Hall–Kier alpha value is -0.570. The number of nitrogens with zero attached hydrogens (tertiary/aromatic N) is 1. The molecule has 2 bridgehead atoms. The number of hydrogen-bond donors (Lipinski definition) is 1. The molecule has 3 heteroatoms. The number of hydrogen-bond acceptors (Lipinski definition) is 2. The Bertz CT molecular complexity index is 366. The highest BCUT2D eigenvalue weighted by atomic mass is 35.5. The molecule has 2 aliphatic rings. The summed E-state index contributed by atoms with van der Waals surface area (Å²) in [5.74, 6) is 0. The molecule has 2 saturated heterocycles. The summed E-state index contributed by atoms with van der Waals surface area (Å²) >= 11 is 6.16. The van der Waals surface area contributed by atoms with Crippen LogP contribution in [0.3, 0.4) is 0 Å². The summed E-state index contributed by atoms with van der Waals surface area (Å²) in [5.41, 5.74) is 1.26. The van der Waals surface area contributed by atoms with E-state index < -0.39 is 0 Å². The third-order valence-electron chi connectivity index (χ3n) is 3.50. The Morgan fingerprint density at radius 1 is 1.40 bits per heavy atom. The van der Waals surface area contributed by atoms with Gasteiger partial charge in [-0.05, 0) is 18.1 Å². The third kappa shape index (κ3) is 1.78. The van der Waals surface area contributed by atoms with Crippen LogP contribution in [-0.2, 0) is 6.54 Å². The van der Waals surface area contributed by atoms with Crippen LogP contribution in [0, 0.1) is 0 Å². The first-order valence-electron chi connectivity index (χ1n) is 5.54. The summed E-state index contributed by atoms with van der Waals surface area (Å²) in [6.07, 6.45) is 1.31. The molecule has 0 spiro atoms. The van der Waals surface area contributed by atoms with Crippen molar-refractivity contribution in [2.24, 2.45) is 0 Å². The fraction of sp³-hybridized carbons (Fsp3) is 0.500. The number of likely N-dealkylation sites (tertiary alicyclic amines) is 1. The van der Waals surface area contributed by atoms with Gasteiger partial charge in [0.25, 0.3) is 0 Å². The van der Waals surface area contributed by atoms with E-state index in [0.29, 0.717) is 0 Å². The molecule has 0 unspecified atom stereocenters. The average Bonchev–Trinajstić information content (AvgIpc) is 2.83. The molecule has 15 heavy (non-hydrogen) atoms.